The van der Waals surface area contributed by atoms with Gasteiger partial charge >= 0.3 is 0 Å². The molecule has 0 saturated carbocycles. The average molecular weight is 449 g/mol. The van der Waals surface area contributed by atoms with Gasteiger partial charge in [-0.15, -0.1) is 0 Å². The van der Waals surface area contributed by atoms with Crippen molar-refractivity contribution in [3.63, 3.8) is 0 Å². The number of hydrogen-bond donors (Lipinski definition) is 0. The molecule has 3 heterocycles. The average Bonchev–Trinajstić information content (AvgIpc) is 3.52. The second kappa shape index (κ2) is 7.24. The van der Waals surface area contributed by atoms with Gasteiger partial charge in [-0.1, -0.05) is 46.9 Å². The van der Waals surface area contributed by atoms with Crippen LogP contribution in [-0.2, 0) is 6.54 Å². The summed E-state index contributed by atoms with van der Waals surface area (Å²) in [6.45, 7) is 0.670. The molecule has 150 valence electrons. The Hall–Kier alpha value is -4.11. The zero-order valence-electron chi connectivity index (χ0n) is 16.5. The second-order valence-corrected chi connectivity index (χ2v) is 9.28. The monoisotopic (exact) mass is 448 g/mol. The van der Waals surface area contributed by atoms with Crippen LogP contribution in [0.3, 0.4) is 0 Å². The van der Waals surface area contributed by atoms with Gasteiger partial charge in [-0.25, -0.2) is 15.0 Å². The molecule has 0 spiro atoms. The van der Waals surface area contributed by atoms with Gasteiger partial charge in [-0.3, -0.25) is 4.90 Å². The van der Waals surface area contributed by atoms with Gasteiger partial charge in [0.25, 0.3) is 0 Å². The van der Waals surface area contributed by atoms with Crippen LogP contribution < -0.4 is 4.90 Å². The molecule has 0 saturated heterocycles. The van der Waals surface area contributed by atoms with E-state index in [9.17, 15) is 10.5 Å². The molecule has 0 N–H and O–H groups in total. The Bertz CT molecular complexity index is 1650. The molecule has 0 radical (unpaired) electrons. The number of anilines is 1. The summed E-state index contributed by atoms with van der Waals surface area (Å²) in [5, 5.41) is 19.9. The first-order chi connectivity index (χ1) is 15.7. The first-order valence-corrected chi connectivity index (χ1v) is 11.4. The number of aliphatic imine (C=N–C) groups is 1. The number of nitrogens with zero attached hydrogens (tertiary/aromatic N) is 6. The Morgan fingerprint density at radius 3 is 2.28 bits per heavy atom. The summed E-state index contributed by atoms with van der Waals surface area (Å²) in [5.74, 6) is 0.805. The maximum absolute atomic E-state index is 9.21. The highest BCUT2D eigenvalue weighted by atomic mass is 32.1. The molecule has 0 unspecified atom stereocenters. The fourth-order valence-corrected chi connectivity index (χ4v) is 5.65. The lowest BCUT2D eigenvalue weighted by molar-refractivity contribution is 1.04. The predicted molar refractivity (Wildman–Crippen MR) is 127 cm³/mol. The van der Waals surface area contributed by atoms with E-state index in [4.69, 9.17) is 9.98 Å². The fourth-order valence-electron chi connectivity index (χ4n) is 3.76. The van der Waals surface area contributed by atoms with E-state index in [2.05, 4.69) is 34.2 Å². The fraction of sp³-hybridized carbons (Fsp3) is 0.0417. The first-order valence-electron chi connectivity index (χ1n) is 9.78. The molecular formula is C24H12N6S2. The van der Waals surface area contributed by atoms with Crippen molar-refractivity contribution in [2.24, 2.45) is 4.99 Å². The van der Waals surface area contributed by atoms with Gasteiger partial charge in [0, 0.05) is 5.56 Å². The standard InChI is InChI=1S/C24H12N6S2/c25-11-14-5-7-18-20(9-14)31-23(27-18)29-22-17-4-2-1-3-16(17)13-30(22)24-28-19-8-6-15(12-26)10-21(19)32-24/h1-10H,13H2. The molecule has 6 nitrogen and oxygen atoms in total. The Balaban J connectivity index is 1.49. The van der Waals surface area contributed by atoms with E-state index in [0.29, 0.717) is 22.8 Å². The lowest BCUT2D eigenvalue weighted by Crippen LogP contribution is -2.23. The number of nitriles is 2. The zero-order chi connectivity index (χ0) is 21.7. The molecule has 1 aliphatic rings. The van der Waals surface area contributed by atoms with Gasteiger partial charge in [0.1, 0.15) is 5.84 Å². The number of rotatable bonds is 2. The number of amidine groups is 1. The minimum absolute atomic E-state index is 0.611. The third kappa shape index (κ3) is 3.02. The molecule has 6 rings (SSSR count). The topological polar surface area (TPSA) is 89.0 Å². The minimum atomic E-state index is 0.611. The van der Waals surface area contributed by atoms with Crippen LogP contribution in [0, 0.1) is 22.7 Å². The third-order valence-corrected chi connectivity index (χ3v) is 7.24. The van der Waals surface area contributed by atoms with Crippen molar-refractivity contribution in [2.75, 3.05) is 4.90 Å². The minimum Gasteiger partial charge on any atom is -0.297 e. The molecule has 0 fully saturated rings. The summed E-state index contributed by atoms with van der Waals surface area (Å²) < 4.78 is 1.91. The van der Waals surface area contributed by atoms with E-state index < -0.39 is 0 Å². The smallest absolute Gasteiger partial charge is 0.212 e. The number of thiazole rings is 2. The molecule has 1 aliphatic heterocycles. The molecule has 0 amide bonds. The van der Waals surface area contributed by atoms with Gasteiger partial charge in [0.15, 0.2) is 5.13 Å². The third-order valence-electron chi connectivity index (χ3n) is 5.29. The SMILES string of the molecule is N#Cc1ccc2nc(N=C3c4ccccc4CN3c3nc4ccc(C#N)cc4s3)sc2c1. The van der Waals surface area contributed by atoms with Crippen LogP contribution in [0.1, 0.15) is 22.3 Å². The quantitative estimate of drug-likeness (QED) is 0.343. The maximum atomic E-state index is 9.21. The van der Waals surface area contributed by atoms with Crippen LogP contribution in [0.5, 0.6) is 0 Å². The summed E-state index contributed by atoms with van der Waals surface area (Å²) in [6, 6.07) is 23.6. The number of aromatic nitrogens is 2. The first kappa shape index (κ1) is 18.6. The Morgan fingerprint density at radius 1 is 0.844 bits per heavy atom. The predicted octanol–water partition coefficient (Wildman–Crippen LogP) is 5.75. The Kier molecular flexibility index (Phi) is 4.22. The molecule has 5 aromatic rings. The Labute approximate surface area is 191 Å². The lowest BCUT2D eigenvalue weighted by atomic mass is 10.1. The summed E-state index contributed by atoms with van der Waals surface area (Å²) >= 11 is 3.01. The van der Waals surface area contributed by atoms with Gasteiger partial charge in [0.2, 0.25) is 5.13 Å². The van der Waals surface area contributed by atoms with E-state index in [0.717, 1.165) is 37.0 Å². The molecule has 3 aromatic carbocycles. The van der Waals surface area contributed by atoms with Crippen LogP contribution in [0.25, 0.3) is 20.4 Å². The van der Waals surface area contributed by atoms with Gasteiger partial charge in [-0.05, 0) is 42.0 Å². The molecular weight excluding hydrogens is 436 g/mol. The summed E-state index contributed by atoms with van der Waals surface area (Å²) in [7, 11) is 0. The lowest BCUT2D eigenvalue weighted by Gasteiger charge is -2.14. The maximum Gasteiger partial charge on any atom is 0.212 e. The molecule has 0 bridgehead atoms. The Morgan fingerprint density at radius 2 is 1.53 bits per heavy atom. The van der Waals surface area contributed by atoms with Gasteiger partial charge in [0.05, 0.1) is 50.2 Å². The molecule has 8 heteroatoms. The second-order valence-electron chi connectivity index (χ2n) is 7.26. The summed E-state index contributed by atoms with van der Waals surface area (Å²) in [6.07, 6.45) is 0. The van der Waals surface area contributed by atoms with E-state index in [-0.39, 0.29) is 0 Å². The van der Waals surface area contributed by atoms with E-state index in [1.165, 1.54) is 16.9 Å². The highest BCUT2D eigenvalue weighted by Crippen LogP contribution is 2.37. The molecule has 0 aliphatic carbocycles. The number of benzene rings is 3. The van der Waals surface area contributed by atoms with Gasteiger partial charge < -0.3 is 0 Å². The van der Waals surface area contributed by atoms with Crippen molar-refractivity contribution in [1.29, 1.82) is 10.5 Å². The van der Waals surface area contributed by atoms with Crippen molar-refractivity contribution in [2.45, 2.75) is 6.54 Å². The van der Waals surface area contributed by atoms with Crippen LogP contribution >= 0.6 is 22.7 Å². The van der Waals surface area contributed by atoms with Crippen molar-refractivity contribution in [3.05, 3.63) is 82.9 Å². The zero-order valence-corrected chi connectivity index (χ0v) is 18.1. The van der Waals surface area contributed by atoms with Crippen molar-refractivity contribution in [3.8, 4) is 12.1 Å². The highest BCUT2D eigenvalue weighted by molar-refractivity contribution is 7.22. The molecule has 32 heavy (non-hydrogen) atoms. The van der Waals surface area contributed by atoms with Gasteiger partial charge in [-0.2, -0.15) is 10.5 Å². The highest BCUT2D eigenvalue weighted by Gasteiger charge is 2.29. The normalized spacial score (nSPS) is 14.1. The van der Waals surface area contributed by atoms with Crippen molar-refractivity contribution in [1.82, 2.24) is 9.97 Å². The molecule has 2 aromatic heterocycles. The van der Waals surface area contributed by atoms with E-state index >= 15 is 0 Å². The number of hydrogen-bond acceptors (Lipinski definition) is 7. The summed E-state index contributed by atoms with van der Waals surface area (Å²) in [5.41, 5.74) is 5.16. The molecule has 0 atom stereocenters. The van der Waals surface area contributed by atoms with E-state index in [1.807, 2.05) is 36.4 Å². The summed E-state index contributed by atoms with van der Waals surface area (Å²) in [4.78, 5) is 16.5. The largest absolute Gasteiger partial charge is 0.297 e. The van der Waals surface area contributed by atoms with Crippen molar-refractivity contribution < 1.29 is 0 Å². The van der Waals surface area contributed by atoms with Crippen molar-refractivity contribution >= 4 is 59.2 Å². The van der Waals surface area contributed by atoms with Crippen LogP contribution in [-0.4, -0.2) is 15.8 Å². The van der Waals surface area contributed by atoms with Crippen LogP contribution in [0.15, 0.2) is 65.7 Å². The van der Waals surface area contributed by atoms with Crippen LogP contribution in [0.4, 0.5) is 10.3 Å². The van der Waals surface area contributed by atoms with Crippen LogP contribution in [0.2, 0.25) is 0 Å². The number of fused-ring (bicyclic) bond motifs is 3. The van der Waals surface area contributed by atoms with E-state index in [1.54, 1.807) is 23.5 Å².